The van der Waals surface area contributed by atoms with Gasteiger partial charge in [-0.3, -0.25) is 9.80 Å². The summed E-state index contributed by atoms with van der Waals surface area (Å²) in [5, 5.41) is 3.31. The third-order valence-corrected chi connectivity index (χ3v) is 1.53. The van der Waals surface area contributed by atoms with E-state index < -0.39 is 0 Å². The molecule has 0 bridgehead atoms. The molecule has 1 aliphatic rings. The number of nitrogens with zero attached hydrogens (tertiary/aromatic N) is 2. The van der Waals surface area contributed by atoms with E-state index in [4.69, 9.17) is 0 Å². The summed E-state index contributed by atoms with van der Waals surface area (Å²) in [7, 11) is 4.26. The van der Waals surface area contributed by atoms with Crippen LogP contribution in [0.4, 0.5) is 0 Å². The molecule has 0 amide bonds. The Morgan fingerprint density at radius 3 is 2.78 bits per heavy atom. The minimum Gasteiger partial charge on any atom is -0.303 e. The molecule has 1 fully saturated rings. The number of rotatable bonds is 0. The smallest absolute Gasteiger partial charge is 0.0512 e. The molecule has 1 rings (SSSR count). The van der Waals surface area contributed by atoms with Crippen LogP contribution < -0.4 is 5.32 Å². The van der Waals surface area contributed by atoms with Gasteiger partial charge in [-0.1, -0.05) is 0 Å². The lowest BCUT2D eigenvalue weighted by atomic mass is 10.6. The summed E-state index contributed by atoms with van der Waals surface area (Å²) < 4.78 is 0. The van der Waals surface area contributed by atoms with Gasteiger partial charge in [0.15, 0.2) is 0 Å². The third-order valence-electron chi connectivity index (χ3n) is 1.53. The summed E-state index contributed by atoms with van der Waals surface area (Å²) >= 11 is 0. The van der Waals surface area contributed by atoms with Crippen LogP contribution >= 0.6 is 0 Å². The highest BCUT2D eigenvalue weighted by molar-refractivity contribution is 4.59. The molecule has 3 heteroatoms. The first-order valence-corrected chi connectivity index (χ1v) is 3.37. The Kier molecular flexibility index (Phi) is 2.45. The Morgan fingerprint density at radius 1 is 1.22 bits per heavy atom. The first-order valence-electron chi connectivity index (χ1n) is 3.37. The van der Waals surface area contributed by atoms with Gasteiger partial charge in [0.05, 0.1) is 6.67 Å². The Balaban J connectivity index is 2.29. The van der Waals surface area contributed by atoms with E-state index in [0.29, 0.717) is 0 Å². The zero-order valence-electron chi connectivity index (χ0n) is 6.22. The second-order valence-corrected chi connectivity index (χ2v) is 2.74. The highest BCUT2D eigenvalue weighted by Gasteiger charge is 2.05. The van der Waals surface area contributed by atoms with Crippen LogP contribution in [0.3, 0.4) is 0 Å². The lowest BCUT2D eigenvalue weighted by Gasteiger charge is -2.18. The minimum absolute atomic E-state index is 1.02. The molecule has 0 aromatic rings. The van der Waals surface area contributed by atoms with Crippen molar-refractivity contribution in [1.29, 1.82) is 0 Å². The van der Waals surface area contributed by atoms with Crippen LogP contribution in [0.5, 0.6) is 0 Å². The van der Waals surface area contributed by atoms with Gasteiger partial charge in [-0.05, 0) is 14.1 Å². The fourth-order valence-corrected chi connectivity index (χ4v) is 1.07. The van der Waals surface area contributed by atoms with Crippen LogP contribution in [0, 0.1) is 0 Å². The van der Waals surface area contributed by atoms with E-state index in [-0.39, 0.29) is 0 Å². The predicted octanol–water partition coefficient (Wildman–Crippen LogP) is -0.632. The van der Waals surface area contributed by atoms with Crippen molar-refractivity contribution in [3.05, 3.63) is 0 Å². The van der Waals surface area contributed by atoms with Crippen LogP contribution in [-0.2, 0) is 0 Å². The maximum absolute atomic E-state index is 3.31. The predicted molar refractivity (Wildman–Crippen MR) is 38.1 cm³/mol. The van der Waals surface area contributed by atoms with E-state index >= 15 is 0 Å². The highest BCUT2D eigenvalue weighted by Crippen LogP contribution is 1.88. The molecule has 1 saturated heterocycles. The van der Waals surface area contributed by atoms with Gasteiger partial charge < -0.3 is 5.32 Å². The topological polar surface area (TPSA) is 18.5 Å². The first kappa shape index (κ1) is 6.99. The zero-order valence-corrected chi connectivity index (χ0v) is 6.22. The first-order chi connectivity index (χ1) is 4.29. The Bertz CT molecular complexity index is 74.4. The van der Waals surface area contributed by atoms with Crippen molar-refractivity contribution in [3.8, 4) is 0 Å². The summed E-state index contributed by atoms with van der Waals surface area (Å²) in [6.45, 7) is 4.36. The molecule has 1 heterocycles. The van der Waals surface area contributed by atoms with E-state index in [0.717, 1.165) is 26.4 Å². The van der Waals surface area contributed by atoms with Gasteiger partial charge in [0, 0.05) is 19.8 Å². The summed E-state index contributed by atoms with van der Waals surface area (Å²) in [5.74, 6) is 0. The number of likely N-dealkylation sites (N-methyl/N-ethyl adjacent to an activating group) is 1. The van der Waals surface area contributed by atoms with E-state index in [9.17, 15) is 0 Å². The molecule has 9 heavy (non-hydrogen) atoms. The minimum atomic E-state index is 1.02. The van der Waals surface area contributed by atoms with Gasteiger partial charge >= 0.3 is 0 Å². The molecule has 0 saturated carbocycles. The lowest BCUT2D eigenvalue weighted by Crippen LogP contribution is -2.32. The third kappa shape index (κ3) is 2.30. The van der Waals surface area contributed by atoms with Crippen molar-refractivity contribution in [3.63, 3.8) is 0 Å². The Hall–Kier alpha value is -0.120. The Morgan fingerprint density at radius 2 is 2.00 bits per heavy atom. The summed E-state index contributed by atoms with van der Waals surface area (Å²) in [5.41, 5.74) is 0. The fraction of sp³-hybridized carbons (Fsp3) is 1.00. The number of hydrogen-bond donors (Lipinski definition) is 1. The van der Waals surface area contributed by atoms with E-state index in [1.54, 1.807) is 0 Å². The quantitative estimate of drug-likeness (QED) is 0.470. The van der Waals surface area contributed by atoms with Crippen LogP contribution in [0.15, 0.2) is 0 Å². The summed E-state index contributed by atoms with van der Waals surface area (Å²) in [6.07, 6.45) is 0. The highest BCUT2D eigenvalue weighted by atomic mass is 15.3. The molecule has 0 unspecified atom stereocenters. The lowest BCUT2D eigenvalue weighted by molar-refractivity contribution is 0.211. The van der Waals surface area contributed by atoms with Gasteiger partial charge in [0.2, 0.25) is 0 Å². The van der Waals surface area contributed by atoms with E-state index in [1.807, 2.05) is 0 Å². The molecular weight excluding hydrogens is 114 g/mol. The number of nitrogens with one attached hydrogen (secondary N) is 1. The molecule has 0 radical (unpaired) electrons. The molecule has 0 aromatic carbocycles. The van der Waals surface area contributed by atoms with Gasteiger partial charge in [-0.25, -0.2) is 0 Å². The van der Waals surface area contributed by atoms with Gasteiger partial charge in [0.25, 0.3) is 0 Å². The van der Waals surface area contributed by atoms with Crippen molar-refractivity contribution in [2.45, 2.75) is 0 Å². The molecule has 0 spiro atoms. The largest absolute Gasteiger partial charge is 0.303 e. The van der Waals surface area contributed by atoms with Gasteiger partial charge in [0.1, 0.15) is 0 Å². The zero-order chi connectivity index (χ0) is 6.69. The van der Waals surface area contributed by atoms with Crippen LogP contribution in [-0.4, -0.2) is 50.3 Å². The molecule has 0 atom stereocenters. The average molecular weight is 129 g/mol. The van der Waals surface area contributed by atoms with Crippen LogP contribution in [0.25, 0.3) is 0 Å². The summed E-state index contributed by atoms with van der Waals surface area (Å²) in [6, 6.07) is 0. The maximum Gasteiger partial charge on any atom is 0.0512 e. The molecule has 0 aromatic heterocycles. The number of hydrogen-bond acceptors (Lipinski definition) is 3. The summed E-state index contributed by atoms with van der Waals surface area (Å²) in [4.78, 5) is 4.56. The van der Waals surface area contributed by atoms with E-state index in [2.05, 4.69) is 29.2 Å². The van der Waals surface area contributed by atoms with E-state index in [1.165, 1.54) is 0 Å². The maximum atomic E-state index is 3.31. The molecule has 3 nitrogen and oxygen atoms in total. The molecular formula is C6H15N3. The fourth-order valence-electron chi connectivity index (χ4n) is 1.07. The van der Waals surface area contributed by atoms with Crippen LogP contribution in [0.1, 0.15) is 0 Å². The van der Waals surface area contributed by atoms with Crippen molar-refractivity contribution >= 4 is 0 Å². The second-order valence-electron chi connectivity index (χ2n) is 2.74. The van der Waals surface area contributed by atoms with Crippen molar-refractivity contribution in [1.82, 2.24) is 15.1 Å². The second kappa shape index (κ2) is 3.15. The SMILES string of the molecule is CN1CCNCN(C)C1. The molecule has 54 valence electrons. The van der Waals surface area contributed by atoms with Gasteiger partial charge in [-0.2, -0.15) is 0 Å². The Labute approximate surface area is 56.6 Å². The van der Waals surface area contributed by atoms with Gasteiger partial charge in [-0.15, -0.1) is 0 Å². The molecule has 1 aliphatic heterocycles. The molecule has 0 aliphatic carbocycles. The normalized spacial score (nSPS) is 26.0. The van der Waals surface area contributed by atoms with Crippen molar-refractivity contribution in [2.24, 2.45) is 0 Å². The average Bonchev–Trinajstić information content (AvgIpc) is 1.93. The molecule has 1 N–H and O–H groups in total. The van der Waals surface area contributed by atoms with Crippen molar-refractivity contribution < 1.29 is 0 Å². The monoisotopic (exact) mass is 129 g/mol. The van der Waals surface area contributed by atoms with Crippen molar-refractivity contribution in [2.75, 3.05) is 40.5 Å². The van der Waals surface area contributed by atoms with Crippen LogP contribution in [0.2, 0.25) is 0 Å². The standard InChI is InChI=1S/C6H15N3/c1-8-4-3-7-5-9(2)6-8/h7H,3-6H2,1-2H3.